The zero-order chi connectivity index (χ0) is 16.2. The minimum atomic E-state index is -0.0803. The number of nitrogens with zero attached hydrogens (tertiary/aromatic N) is 4. The molecule has 23 heavy (non-hydrogen) atoms. The molecule has 1 aliphatic rings. The highest BCUT2D eigenvalue weighted by Crippen LogP contribution is 2.23. The first-order valence-corrected chi connectivity index (χ1v) is 7.87. The molecule has 0 aliphatic carbocycles. The zero-order valence-corrected chi connectivity index (χ0v) is 13.5. The Hall–Kier alpha value is -2.44. The van der Waals surface area contributed by atoms with Crippen molar-refractivity contribution in [3.05, 3.63) is 35.6 Å². The number of likely N-dealkylation sites (tertiary alicyclic amines) is 1. The van der Waals surface area contributed by atoms with Gasteiger partial charge in [-0.05, 0) is 32.1 Å². The Morgan fingerprint density at radius 2 is 2.26 bits per heavy atom. The molecule has 1 N–H and O–H groups in total. The second-order valence-corrected chi connectivity index (χ2v) is 5.90. The van der Waals surface area contributed by atoms with Gasteiger partial charge in [-0.25, -0.2) is 4.98 Å². The molecule has 2 aromatic heterocycles. The van der Waals surface area contributed by atoms with Gasteiger partial charge in [-0.15, -0.1) is 0 Å². The lowest BCUT2D eigenvalue weighted by atomic mass is 9.93. The molecule has 1 fully saturated rings. The maximum Gasteiger partial charge on any atom is 0.292 e. The van der Waals surface area contributed by atoms with E-state index >= 15 is 0 Å². The summed E-state index contributed by atoms with van der Waals surface area (Å²) in [6.45, 7) is 3.28. The first-order chi connectivity index (χ1) is 11.2. The Morgan fingerprint density at radius 1 is 1.43 bits per heavy atom. The molecule has 2 aromatic rings. The molecular weight excluding hydrogens is 294 g/mol. The quantitative estimate of drug-likeness (QED) is 0.928. The van der Waals surface area contributed by atoms with E-state index < -0.39 is 0 Å². The highest BCUT2D eigenvalue weighted by Gasteiger charge is 2.27. The standard InChI is InChI=1S/C16H21N5O2/c1-11-8-14(23-20-11)16(22)21-7-3-4-12(10-21)9-13-15(17-2)19-6-5-18-13/h5-6,8,12H,3-4,7,9-10H2,1-2H3,(H,17,19)/t12-/m0/s1. The van der Waals surface area contributed by atoms with E-state index in [1.54, 1.807) is 18.5 Å². The summed E-state index contributed by atoms with van der Waals surface area (Å²) in [5.41, 5.74) is 1.67. The minimum absolute atomic E-state index is 0.0803. The number of nitrogens with one attached hydrogen (secondary N) is 1. The smallest absolute Gasteiger partial charge is 0.292 e. The predicted octanol–water partition coefficient (Wildman–Crippen LogP) is 1.91. The van der Waals surface area contributed by atoms with Crippen LogP contribution in [0, 0.1) is 12.8 Å². The summed E-state index contributed by atoms with van der Waals surface area (Å²) < 4.78 is 5.10. The summed E-state index contributed by atoms with van der Waals surface area (Å²) in [5.74, 6) is 1.42. The molecule has 3 rings (SSSR count). The van der Waals surface area contributed by atoms with Crippen molar-refractivity contribution in [2.75, 3.05) is 25.5 Å². The van der Waals surface area contributed by atoms with E-state index in [0.29, 0.717) is 18.2 Å². The van der Waals surface area contributed by atoms with E-state index in [-0.39, 0.29) is 5.91 Å². The predicted molar refractivity (Wildman–Crippen MR) is 85.2 cm³/mol. The third-order valence-corrected chi connectivity index (χ3v) is 4.14. The molecule has 0 unspecified atom stereocenters. The fraction of sp³-hybridized carbons (Fsp3) is 0.500. The van der Waals surface area contributed by atoms with E-state index in [4.69, 9.17) is 4.52 Å². The van der Waals surface area contributed by atoms with Crippen LogP contribution in [0.3, 0.4) is 0 Å². The van der Waals surface area contributed by atoms with Crippen LogP contribution in [0.2, 0.25) is 0 Å². The Labute approximate surface area is 135 Å². The molecule has 0 bridgehead atoms. The molecule has 1 atom stereocenters. The van der Waals surface area contributed by atoms with Crippen molar-refractivity contribution in [1.29, 1.82) is 0 Å². The van der Waals surface area contributed by atoms with Gasteiger partial charge in [-0.2, -0.15) is 0 Å². The number of aromatic nitrogens is 3. The Bertz CT molecular complexity index is 685. The Kier molecular flexibility index (Phi) is 4.55. The van der Waals surface area contributed by atoms with Crippen molar-refractivity contribution in [3.8, 4) is 0 Å². The van der Waals surface area contributed by atoms with E-state index in [2.05, 4.69) is 20.4 Å². The van der Waals surface area contributed by atoms with Crippen molar-refractivity contribution in [3.63, 3.8) is 0 Å². The van der Waals surface area contributed by atoms with Crippen LogP contribution in [0.25, 0.3) is 0 Å². The normalized spacial score (nSPS) is 18.0. The number of hydrogen-bond acceptors (Lipinski definition) is 6. The van der Waals surface area contributed by atoms with Crippen molar-refractivity contribution < 1.29 is 9.32 Å². The average molecular weight is 315 g/mol. The molecule has 0 radical (unpaired) electrons. The number of amides is 1. The number of rotatable bonds is 4. The van der Waals surface area contributed by atoms with Crippen LogP contribution < -0.4 is 5.32 Å². The molecule has 0 spiro atoms. The van der Waals surface area contributed by atoms with Crippen LogP contribution >= 0.6 is 0 Å². The summed E-state index contributed by atoms with van der Waals surface area (Å²) in [5, 5.41) is 6.86. The molecule has 7 heteroatoms. The monoisotopic (exact) mass is 315 g/mol. The molecule has 1 amide bonds. The largest absolute Gasteiger partial charge is 0.372 e. The molecule has 0 saturated carbocycles. The van der Waals surface area contributed by atoms with Gasteiger partial charge in [0.1, 0.15) is 5.82 Å². The van der Waals surface area contributed by atoms with Crippen LogP contribution in [-0.4, -0.2) is 46.1 Å². The van der Waals surface area contributed by atoms with Crippen LogP contribution in [0.5, 0.6) is 0 Å². The van der Waals surface area contributed by atoms with Gasteiger partial charge in [-0.3, -0.25) is 9.78 Å². The molecule has 1 aliphatic heterocycles. The van der Waals surface area contributed by atoms with E-state index in [1.807, 2.05) is 18.9 Å². The van der Waals surface area contributed by atoms with E-state index in [0.717, 1.165) is 43.0 Å². The summed E-state index contributed by atoms with van der Waals surface area (Å²) in [6, 6.07) is 1.69. The third-order valence-electron chi connectivity index (χ3n) is 4.14. The molecule has 122 valence electrons. The number of piperidine rings is 1. The molecular formula is C16H21N5O2. The molecule has 7 nitrogen and oxygen atoms in total. The maximum atomic E-state index is 12.5. The van der Waals surface area contributed by atoms with Crippen LogP contribution in [0.15, 0.2) is 23.0 Å². The number of carbonyl (C=O) groups excluding carboxylic acids is 1. The highest BCUT2D eigenvalue weighted by atomic mass is 16.5. The van der Waals surface area contributed by atoms with Gasteiger partial charge in [-0.1, -0.05) is 5.16 Å². The van der Waals surface area contributed by atoms with Gasteiger partial charge in [0, 0.05) is 38.6 Å². The van der Waals surface area contributed by atoms with Crippen LogP contribution in [-0.2, 0) is 6.42 Å². The van der Waals surface area contributed by atoms with E-state index in [9.17, 15) is 4.79 Å². The zero-order valence-electron chi connectivity index (χ0n) is 13.5. The number of carbonyl (C=O) groups is 1. The van der Waals surface area contributed by atoms with E-state index in [1.165, 1.54) is 0 Å². The van der Waals surface area contributed by atoms with Gasteiger partial charge < -0.3 is 14.7 Å². The van der Waals surface area contributed by atoms with Crippen LogP contribution in [0.1, 0.15) is 34.8 Å². The SMILES string of the molecule is CNc1nccnc1C[C@@H]1CCCN(C(=O)c2cc(C)no2)C1. The lowest BCUT2D eigenvalue weighted by Crippen LogP contribution is -2.40. The maximum absolute atomic E-state index is 12.5. The summed E-state index contributed by atoms with van der Waals surface area (Å²) in [6.07, 6.45) is 6.26. The average Bonchev–Trinajstić information content (AvgIpc) is 3.01. The van der Waals surface area contributed by atoms with Crippen molar-refractivity contribution in [2.24, 2.45) is 5.92 Å². The number of anilines is 1. The Balaban J connectivity index is 1.67. The fourth-order valence-electron chi connectivity index (χ4n) is 3.03. The molecule has 3 heterocycles. The molecule has 0 aromatic carbocycles. The molecule has 1 saturated heterocycles. The van der Waals surface area contributed by atoms with Gasteiger partial charge in [0.25, 0.3) is 5.91 Å². The van der Waals surface area contributed by atoms with Crippen molar-refractivity contribution >= 4 is 11.7 Å². The van der Waals surface area contributed by atoms with Crippen LogP contribution in [0.4, 0.5) is 5.82 Å². The Morgan fingerprint density at radius 3 is 3.00 bits per heavy atom. The fourth-order valence-corrected chi connectivity index (χ4v) is 3.03. The lowest BCUT2D eigenvalue weighted by molar-refractivity contribution is 0.0631. The summed E-state index contributed by atoms with van der Waals surface area (Å²) in [4.78, 5) is 23.0. The van der Waals surface area contributed by atoms with Gasteiger partial charge >= 0.3 is 0 Å². The van der Waals surface area contributed by atoms with Gasteiger partial charge in [0.15, 0.2) is 0 Å². The first-order valence-electron chi connectivity index (χ1n) is 7.87. The van der Waals surface area contributed by atoms with Gasteiger partial charge in [0.05, 0.1) is 11.4 Å². The number of aryl methyl sites for hydroxylation is 1. The van der Waals surface area contributed by atoms with Gasteiger partial charge in [0.2, 0.25) is 5.76 Å². The second-order valence-electron chi connectivity index (χ2n) is 5.90. The summed E-state index contributed by atoms with van der Waals surface area (Å²) in [7, 11) is 1.84. The highest BCUT2D eigenvalue weighted by molar-refractivity contribution is 5.91. The van der Waals surface area contributed by atoms with Crippen molar-refractivity contribution in [2.45, 2.75) is 26.2 Å². The number of hydrogen-bond donors (Lipinski definition) is 1. The van der Waals surface area contributed by atoms with Crippen molar-refractivity contribution in [1.82, 2.24) is 20.0 Å². The second kappa shape index (κ2) is 6.76. The lowest BCUT2D eigenvalue weighted by Gasteiger charge is -2.32. The third kappa shape index (κ3) is 3.49. The summed E-state index contributed by atoms with van der Waals surface area (Å²) >= 11 is 0. The topological polar surface area (TPSA) is 84.2 Å². The first kappa shape index (κ1) is 15.5. The minimum Gasteiger partial charge on any atom is -0.372 e.